The van der Waals surface area contributed by atoms with Crippen LogP contribution >= 0.6 is 0 Å². The lowest BCUT2D eigenvalue weighted by atomic mass is 10.1. The van der Waals surface area contributed by atoms with Crippen molar-refractivity contribution < 1.29 is 14.3 Å². The summed E-state index contributed by atoms with van der Waals surface area (Å²) in [5.74, 6) is 0.911. The van der Waals surface area contributed by atoms with E-state index in [0.29, 0.717) is 12.4 Å². The molecule has 0 N–H and O–H groups in total. The van der Waals surface area contributed by atoms with Crippen molar-refractivity contribution in [2.75, 3.05) is 7.11 Å². The number of rotatable bonds is 7. The van der Waals surface area contributed by atoms with Gasteiger partial charge in [-0.05, 0) is 57.5 Å². The van der Waals surface area contributed by atoms with Gasteiger partial charge in [-0.15, -0.1) is 5.10 Å². The van der Waals surface area contributed by atoms with Crippen LogP contribution in [0.25, 0.3) is 16.8 Å². The Balaban J connectivity index is 1.62. The molecule has 0 saturated carbocycles. The molecule has 7 heteroatoms. The van der Waals surface area contributed by atoms with Crippen LogP contribution in [0.15, 0.2) is 42.5 Å². The number of aryl methyl sites for hydroxylation is 1. The topological polar surface area (TPSA) is 79.1 Å². The summed E-state index contributed by atoms with van der Waals surface area (Å²) >= 11 is 0. The summed E-state index contributed by atoms with van der Waals surface area (Å²) < 4.78 is 12.1. The van der Waals surface area contributed by atoms with Gasteiger partial charge in [0.2, 0.25) is 0 Å². The lowest BCUT2D eigenvalue weighted by Crippen LogP contribution is -2.09. The van der Waals surface area contributed by atoms with E-state index in [4.69, 9.17) is 9.47 Å². The smallest absolute Gasteiger partial charge is 0.331 e. The van der Waals surface area contributed by atoms with Crippen LogP contribution in [-0.4, -0.2) is 33.3 Å². The minimum atomic E-state index is -0.439. The normalized spacial score (nSPS) is 11.2. The molecule has 3 aromatic rings. The van der Waals surface area contributed by atoms with Crippen molar-refractivity contribution in [1.29, 1.82) is 0 Å². The van der Waals surface area contributed by atoms with Crippen LogP contribution in [0.1, 0.15) is 24.7 Å². The molecule has 0 saturated heterocycles. The lowest BCUT2D eigenvalue weighted by Gasteiger charge is -2.04. The Bertz CT molecular complexity index is 933. The molecule has 26 heavy (non-hydrogen) atoms. The maximum absolute atomic E-state index is 11.9. The molecule has 134 valence electrons. The van der Waals surface area contributed by atoms with E-state index in [0.717, 1.165) is 28.5 Å². The van der Waals surface area contributed by atoms with E-state index in [1.165, 1.54) is 6.08 Å². The first kappa shape index (κ1) is 17.6. The van der Waals surface area contributed by atoms with Crippen molar-refractivity contribution >= 4 is 22.8 Å². The van der Waals surface area contributed by atoms with Crippen LogP contribution in [0.2, 0.25) is 0 Å². The number of fused-ring (bicyclic) bond motifs is 1. The summed E-state index contributed by atoms with van der Waals surface area (Å²) in [4.78, 5) is 11.9. The molecule has 0 fully saturated rings. The maximum atomic E-state index is 11.9. The van der Waals surface area contributed by atoms with Crippen LogP contribution < -0.4 is 4.74 Å². The highest BCUT2D eigenvalue weighted by Gasteiger charge is 2.07. The molecule has 0 radical (unpaired) electrons. The zero-order valence-electron chi connectivity index (χ0n) is 14.8. The summed E-state index contributed by atoms with van der Waals surface area (Å²) in [6.45, 7) is 2.77. The molecule has 0 atom stereocenters. The maximum Gasteiger partial charge on any atom is 0.331 e. The molecule has 0 aliphatic carbocycles. The monoisotopic (exact) mass is 352 g/mol. The molecular formula is C19H20N4O3. The quantitative estimate of drug-likeness (QED) is 0.480. The fraction of sp³-hybridized carbons (Fsp3) is 0.263. The van der Waals surface area contributed by atoms with Gasteiger partial charge in [0.1, 0.15) is 5.75 Å². The summed E-state index contributed by atoms with van der Waals surface area (Å²) in [6, 6.07) is 11.8. The van der Waals surface area contributed by atoms with Gasteiger partial charge in [-0.3, -0.25) is 0 Å². The van der Waals surface area contributed by atoms with Gasteiger partial charge in [0.15, 0.2) is 12.4 Å². The number of tetrazole rings is 1. The number of hydrogen-bond acceptors (Lipinski definition) is 6. The second-order valence-corrected chi connectivity index (χ2v) is 5.73. The second-order valence-electron chi connectivity index (χ2n) is 5.73. The van der Waals surface area contributed by atoms with Crippen molar-refractivity contribution in [1.82, 2.24) is 20.2 Å². The first-order chi connectivity index (χ1) is 12.7. The summed E-state index contributed by atoms with van der Waals surface area (Å²) in [5.41, 5.74) is 0.912. The third-order valence-electron chi connectivity index (χ3n) is 3.87. The number of hydrogen-bond donors (Lipinski definition) is 0. The largest absolute Gasteiger partial charge is 0.497 e. The minimum Gasteiger partial charge on any atom is -0.497 e. The van der Waals surface area contributed by atoms with Gasteiger partial charge < -0.3 is 9.47 Å². The second kappa shape index (κ2) is 8.24. The first-order valence-electron chi connectivity index (χ1n) is 8.37. The van der Waals surface area contributed by atoms with E-state index >= 15 is 0 Å². The molecule has 0 bridgehead atoms. The molecule has 0 spiro atoms. The fourth-order valence-electron chi connectivity index (χ4n) is 2.53. The number of benzene rings is 2. The van der Waals surface area contributed by atoms with Crippen molar-refractivity contribution in [3.8, 4) is 5.75 Å². The SMILES string of the molecule is CCCn1nnnc1COC(=O)/C=C/c1ccc2cc(OC)ccc2c1. The molecule has 0 aliphatic heterocycles. The number of ether oxygens (including phenoxy) is 2. The Labute approximate surface area is 151 Å². The van der Waals surface area contributed by atoms with Gasteiger partial charge in [-0.2, -0.15) is 0 Å². The standard InChI is InChI=1S/C19H20N4O3/c1-3-10-23-18(20-21-22-23)13-26-19(24)9-5-14-4-6-16-12-17(25-2)8-7-15(16)11-14/h4-9,11-12H,3,10,13H2,1-2H3/b9-5+. The molecule has 2 aromatic carbocycles. The van der Waals surface area contributed by atoms with E-state index in [1.54, 1.807) is 17.9 Å². The summed E-state index contributed by atoms with van der Waals surface area (Å²) in [7, 11) is 1.64. The average Bonchev–Trinajstić information content (AvgIpc) is 3.11. The van der Waals surface area contributed by atoms with Crippen molar-refractivity contribution in [3.63, 3.8) is 0 Å². The molecule has 1 aromatic heterocycles. The Morgan fingerprint density at radius 2 is 2.00 bits per heavy atom. The number of nitrogens with zero attached hydrogens (tertiary/aromatic N) is 4. The number of carbonyl (C=O) groups is 1. The van der Waals surface area contributed by atoms with Gasteiger partial charge in [-0.1, -0.05) is 25.1 Å². The average molecular weight is 352 g/mol. The molecule has 0 amide bonds. The third-order valence-corrected chi connectivity index (χ3v) is 3.87. The van der Waals surface area contributed by atoms with Crippen LogP contribution in [-0.2, 0) is 22.7 Å². The fourth-order valence-corrected chi connectivity index (χ4v) is 2.53. The Hall–Kier alpha value is -3.22. The Morgan fingerprint density at radius 3 is 2.81 bits per heavy atom. The van der Waals surface area contributed by atoms with Crippen LogP contribution in [0.5, 0.6) is 5.75 Å². The Morgan fingerprint density at radius 1 is 1.19 bits per heavy atom. The molecule has 3 rings (SSSR count). The van der Waals surface area contributed by atoms with E-state index in [2.05, 4.69) is 15.5 Å². The zero-order valence-corrected chi connectivity index (χ0v) is 14.8. The zero-order chi connectivity index (χ0) is 18.4. The predicted molar refractivity (Wildman–Crippen MR) is 97.4 cm³/mol. The van der Waals surface area contributed by atoms with E-state index < -0.39 is 5.97 Å². The van der Waals surface area contributed by atoms with Crippen LogP contribution in [0.4, 0.5) is 0 Å². The van der Waals surface area contributed by atoms with Crippen molar-refractivity contribution in [2.45, 2.75) is 26.5 Å². The Kier molecular flexibility index (Phi) is 5.58. The highest BCUT2D eigenvalue weighted by Crippen LogP contribution is 2.22. The van der Waals surface area contributed by atoms with Gasteiger partial charge in [0.25, 0.3) is 0 Å². The molecular weight excluding hydrogens is 332 g/mol. The third kappa shape index (κ3) is 4.24. The highest BCUT2D eigenvalue weighted by atomic mass is 16.5. The van der Waals surface area contributed by atoms with Gasteiger partial charge in [0.05, 0.1) is 7.11 Å². The summed E-state index contributed by atoms with van der Waals surface area (Å²) in [6.07, 6.45) is 4.03. The molecule has 1 heterocycles. The van der Waals surface area contributed by atoms with Crippen molar-refractivity contribution in [3.05, 3.63) is 53.9 Å². The highest BCUT2D eigenvalue weighted by molar-refractivity contribution is 5.90. The van der Waals surface area contributed by atoms with E-state index in [1.807, 2.05) is 43.3 Å². The van der Waals surface area contributed by atoms with Crippen LogP contribution in [0.3, 0.4) is 0 Å². The van der Waals surface area contributed by atoms with E-state index in [-0.39, 0.29) is 6.61 Å². The lowest BCUT2D eigenvalue weighted by molar-refractivity contribution is -0.139. The number of carbonyl (C=O) groups excluding carboxylic acids is 1. The number of methoxy groups -OCH3 is 1. The van der Waals surface area contributed by atoms with Gasteiger partial charge in [-0.25, -0.2) is 9.48 Å². The first-order valence-corrected chi connectivity index (χ1v) is 8.37. The van der Waals surface area contributed by atoms with Crippen LogP contribution in [0, 0.1) is 0 Å². The molecule has 0 unspecified atom stereocenters. The molecule has 7 nitrogen and oxygen atoms in total. The predicted octanol–water partition coefficient (Wildman–Crippen LogP) is 3.00. The van der Waals surface area contributed by atoms with Crippen molar-refractivity contribution in [2.24, 2.45) is 0 Å². The van der Waals surface area contributed by atoms with Gasteiger partial charge in [0, 0.05) is 12.6 Å². The number of esters is 1. The minimum absolute atomic E-state index is 0.0493. The van der Waals surface area contributed by atoms with Gasteiger partial charge >= 0.3 is 5.97 Å². The molecule has 0 aliphatic rings. The van der Waals surface area contributed by atoms with E-state index in [9.17, 15) is 4.79 Å². The summed E-state index contributed by atoms with van der Waals surface area (Å²) in [5, 5.41) is 13.5. The number of aromatic nitrogens is 4.